The molecule has 0 fully saturated rings. The average Bonchev–Trinajstić information content (AvgIpc) is 2.59. The molecule has 1 aliphatic rings. The van der Waals surface area contributed by atoms with Gasteiger partial charge in [0.25, 0.3) is 11.5 Å². The predicted molar refractivity (Wildman–Crippen MR) is 91.2 cm³/mol. The van der Waals surface area contributed by atoms with Crippen LogP contribution in [-0.2, 0) is 9.53 Å². The summed E-state index contributed by atoms with van der Waals surface area (Å²) < 4.78 is 11.7. The smallest absolute Gasteiger partial charge is 0.302 e. The molecule has 9 nitrogen and oxygen atoms in total. The topological polar surface area (TPSA) is 109 Å². The van der Waals surface area contributed by atoms with Crippen LogP contribution in [0.25, 0.3) is 0 Å². The number of hydrogen-bond donors (Lipinski definition) is 0. The van der Waals surface area contributed by atoms with Crippen LogP contribution in [0.4, 0.5) is 17.2 Å². The van der Waals surface area contributed by atoms with Gasteiger partial charge >= 0.3 is 5.97 Å². The minimum Gasteiger partial charge on any atom is -0.711 e. The van der Waals surface area contributed by atoms with Crippen LogP contribution in [0.1, 0.15) is 13.8 Å². The van der Waals surface area contributed by atoms with E-state index < -0.39 is 16.5 Å². The number of carbonyl (C=O) groups is 1. The zero-order valence-electron chi connectivity index (χ0n) is 14.2. The molecule has 1 aromatic carbocycles. The van der Waals surface area contributed by atoms with E-state index in [1.165, 1.54) is 31.3 Å². The van der Waals surface area contributed by atoms with Gasteiger partial charge in [-0.3, -0.25) is 14.9 Å². The van der Waals surface area contributed by atoms with Crippen molar-refractivity contribution >= 4 is 23.2 Å². The monoisotopic (exact) mass is 359 g/mol. The van der Waals surface area contributed by atoms with Crippen LogP contribution in [0, 0.1) is 15.3 Å². The Labute approximate surface area is 149 Å². The zero-order chi connectivity index (χ0) is 18.9. The molecule has 0 amide bonds. The van der Waals surface area contributed by atoms with E-state index in [0.29, 0.717) is 16.2 Å². The molecule has 0 radical (unpaired) electrons. The molecule has 3 rings (SSSR count). The number of fused-ring (bicyclic) bond motifs is 1. The highest BCUT2D eigenvalue weighted by Gasteiger charge is 2.43. The van der Waals surface area contributed by atoms with Crippen molar-refractivity contribution in [3.05, 3.63) is 57.9 Å². The molecule has 1 atom stereocenters. The Bertz CT molecular complexity index is 871. The Morgan fingerprint density at radius 1 is 1.42 bits per heavy atom. The van der Waals surface area contributed by atoms with E-state index in [9.17, 15) is 20.1 Å². The van der Waals surface area contributed by atoms with Crippen LogP contribution in [0.5, 0.6) is 5.75 Å². The van der Waals surface area contributed by atoms with Gasteiger partial charge in [0.1, 0.15) is 13.2 Å². The number of hydrogen-bond acceptors (Lipinski definition) is 7. The van der Waals surface area contributed by atoms with E-state index in [-0.39, 0.29) is 24.7 Å². The second kappa shape index (κ2) is 6.51. The molecule has 1 unspecified atom stereocenters. The average molecular weight is 359 g/mol. The largest absolute Gasteiger partial charge is 0.711 e. The van der Waals surface area contributed by atoms with Crippen molar-refractivity contribution in [3.8, 4) is 5.75 Å². The molecule has 2 heterocycles. The fourth-order valence-corrected chi connectivity index (χ4v) is 2.80. The Hall–Kier alpha value is -3.36. The highest BCUT2D eigenvalue weighted by molar-refractivity contribution is 5.71. The van der Waals surface area contributed by atoms with E-state index in [1.807, 2.05) is 0 Å². The van der Waals surface area contributed by atoms with Gasteiger partial charge in [0.2, 0.25) is 0 Å². The molecule has 1 aliphatic heterocycles. The minimum atomic E-state index is -0.933. The summed E-state index contributed by atoms with van der Waals surface area (Å²) in [5.74, 6) is 0.196. The number of nitro benzene ring substituents is 1. The summed E-state index contributed by atoms with van der Waals surface area (Å²) in [6, 6.07) is 9.04. The van der Waals surface area contributed by atoms with Gasteiger partial charge in [0, 0.05) is 19.1 Å². The molecule has 1 aromatic heterocycles. The maximum atomic E-state index is 12.2. The van der Waals surface area contributed by atoms with E-state index in [2.05, 4.69) is 0 Å². The Morgan fingerprint density at radius 2 is 2.19 bits per heavy atom. The summed E-state index contributed by atoms with van der Waals surface area (Å²) in [5, 5.41) is 23.4. The lowest BCUT2D eigenvalue weighted by molar-refractivity contribution is -0.592. The lowest BCUT2D eigenvalue weighted by atomic mass is 10.0. The van der Waals surface area contributed by atoms with Crippen LogP contribution in [0.15, 0.2) is 42.6 Å². The molecule has 136 valence electrons. The van der Waals surface area contributed by atoms with Gasteiger partial charge in [-0.15, -0.1) is 0 Å². The third-order valence-corrected chi connectivity index (χ3v) is 3.95. The number of aromatic nitrogens is 1. The first-order chi connectivity index (χ1) is 12.3. The van der Waals surface area contributed by atoms with Crippen molar-refractivity contribution in [2.45, 2.75) is 19.4 Å². The molecule has 0 N–H and O–H groups in total. The predicted octanol–water partition coefficient (Wildman–Crippen LogP) is 2.08. The van der Waals surface area contributed by atoms with E-state index >= 15 is 0 Å². The summed E-state index contributed by atoms with van der Waals surface area (Å²) in [4.78, 5) is 23.4. The number of ether oxygens (including phenoxy) is 2. The normalized spacial score (nSPS) is 18.6. The van der Waals surface area contributed by atoms with Crippen molar-refractivity contribution in [2.75, 3.05) is 18.1 Å². The summed E-state index contributed by atoms with van der Waals surface area (Å²) in [6.07, 6.45) is 1.34. The number of nitrogens with zero attached hydrogens (tertiary/aromatic N) is 3. The number of anilines is 2. The van der Waals surface area contributed by atoms with Gasteiger partial charge in [-0.25, -0.2) is 9.63 Å². The van der Waals surface area contributed by atoms with Crippen molar-refractivity contribution in [1.29, 1.82) is 0 Å². The quantitative estimate of drug-likeness (QED) is 0.270. The van der Waals surface area contributed by atoms with Crippen LogP contribution >= 0.6 is 0 Å². The summed E-state index contributed by atoms with van der Waals surface area (Å²) in [5.41, 5.74) is -0.651. The maximum Gasteiger partial charge on any atom is 0.302 e. The number of non-ortho nitro benzene ring substituents is 1. The number of nitro groups is 1. The van der Waals surface area contributed by atoms with Crippen molar-refractivity contribution in [2.24, 2.45) is 0 Å². The van der Waals surface area contributed by atoms with Gasteiger partial charge in [-0.1, -0.05) is 6.07 Å². The molecule has 0 bridgehead atoms. The first-order valence-corrected chi connectivity index (χ1v) is 7.86. The third-order valence-electron chi connectivity index (χ3n) is 3.95. The van der Waals surface area contributed by atoms with Crippen LogP contribution < -0.4 is 14.4 Å². The third kappa shape index (κ3) is 3.37. The van der Waals surface area contributed by atoms with Crippen molar-refractivity contribution < 1.29 is 23.9 Å². The van der Waals surface area contributed by atoms with Gasteiger partial charge in [-0.05, 0) is 19.1 Å². The standard InChI is InChI=1S/C17H17N3O6/c1-12(21)25-11-17(2)10-18(16-5-3-4-8-19(16)22)14-9-13(20(23)24)6-7-15(14)26-17/h3-9H,10-11H2,1-2H3. The SMILES string of the molecule is CC(=O)OCC1(C)CN(c2cccc[n+]2[O-])c2cc([N+](=O)[O-])ccc2O1. The Balaban J connectivity index is 2.08. The molecular weight excluding hydrogens is 342 g/mol. The van der Waals surface area contributed by atoms with Gasteiger partial charge in [0.05, 0.1) is 17.2 Å². The minimum absolute atomic E-state index is 0.0268. The van der Waals surface area contributed by atoms with E-state index in [1.54, 1.807) is 30.0 Å². The fraction of sp³-hybridized carbons (Fsp3) is 0.294. The maximum absolute atomic E-state index is 12.2. The number of carbonyl (C=O) groups excluding carboxylic acids is 1. The summed E-state index contributed by atoms with van der Waals surface area (Å²) in [7, 11) is 0. The lowest BCUT2D eigenvalue weighted by Gasteiger charge is -2.38. The lowest BCUT2D eigenvalue weighted by Crippen LogP contribution is -2.52. The first kappa shape index (κ1) is 17.5. The van der Waals surface area contributed by atoms with Crippen molar-refractivity contribution in [3.63, 3.8) is 0 Å². The molecule has 26 heavy (non-hydrogen) atoms. The molecule has 9 heteroatoms. The van der Waals surface area contributed by atoms with Gasteiger partial charge < -0.3 is 14.7 Å². The van der Waals surface area contributed by atoms with Crippen LogP contribution in [0.2, 0.25) is 0 Å². The summed E-state index contributed by atoms with van der Waals surface area (Å²) in [6.45, 7) is 3.18. The molecule has 0 saturated heterocycles. The van der Waals surface area contributed by atoms with Crippen LogP contribution in [0.3, 0.4) is 0 Å². The highest BCUT2D eigenvalue weighted by Crippen LogP contribution is 2.42. The van der Waals surface area contributed by atoms with Crippen molar-refractivity contribution in [1.82, 2.24) is 0 Å². The second-order valence-corrected chi connectivity index (χ2v) is 6.21. The van der Waals surface area contributed by atoms with E-state index in [4.69, 9.17) is 9.47 Å². The number of esters is 1. The van der Waals surface area contributed by atoms with E-state index in [0.717, 1.165) is 0 Å². The number of rotatable bonds is 4. The van der Waals surface area contributed by atoms with Crippen LogP contribution in [-0.4, -0.2) is 29.6 Å². The molecule has 0 spiro atoms. The molecular formula is C17H17N3O6. The molecule has 0 aliphatic carbocycles. The van der Waals surface area contributed by atoms with Gasteiger partial charge in [0.15, 0.2) is 17.0 Å². The Kier molecular flexibility index (Phi) is 4.37. The first-order valence-electron chi connectivity index (χ1n) is 7.86. The number of pyridine rings is 1. The van der Waals surface area contributed by atoms with Gasteiger partial charge in [-0.2, -0.15) is 0 Å². The fourth-order valence-electron chi connectivity index (χ4n) is 2.80. The molecule has 0 saturated carbocycles. The highest BCUT2D eigenvalue weighted by atomic mass is 16.6. The number of benzene rings is 1. The Morgan fingerprint density at radius 3 is 2.85 bits per heavy atom. The zero-order valence-corrected chi connectivity index (χ0v) is 14.2. The second-order valence-electron chi connectivity index (χ2n) is 6.21. The molecule has 2 aromatic rings. The summed E-state index contributed by atoms with van der Waals surface area (Å²) >= 11 is 0.